The van der Waals surface area contributed by atoms with Gasteiger partial charge in [0.2, 0.25) is 11.8 Å². The number of fused-ring (bicyclic) bond motifs is 4. The molecule has 12 heteroatoms. The predicted molar refractivity (Wildman–Crippen MR) is 199 cm³/mol. The van der Waals surface area contributed by atoms with Crippen molar-refractivity contribution >= 4 is 29.9 Å². The van der Waals surface area contributed by atoms with Crippen LogP contribution in [0.1, 0.15) is 49.7 Å². The molecule has 7 N–H and O–H groups in total. The zero-order valence-corrected chi connectivity index (χ0v) is 29.7. The zero-order valence-electron chi connectivity index (χ0n) is 29.7. The molecular weight excluding hydrogens is 644 g/mol. The Kier molecular flexibility index (Phi) is 10.5. The van der Waals surface area contributed by atoms with E-state index in [1.807, 2.05) is 22.2 Å². The molecule has 2 aromatic rings. The Bertz CT molecular complexity index is 1650. The number of hydrogen-bond donors (Lipinski definition) is 5. The van der Waals surface area contributed by atoms with Crippen LogP contribution in [0, 0.1) is 11.8 Å². The van der Waals surface area contributed by atoms with Gasteiger partial charge in [-0.15, -0.1) is 0 Å². The molecule has 272 valence electrons. The first-order valence-corrected chi connectivity index (χ1v) is 18.3. The van der Waals surface area contributed by atoms with Crippen molar-refractivity contribution in [2.45, 2.75) is 80.9 Å². The van der Waals surface area contributed by atoms with Gasteiger partial charge in [0.05, 0.1) is 36.7 Å². The summed E-state index contributed by atoms with van der Waals surface area (Å²) in [4.78, 5) is 34.7. The lowest BCUT2D eigenvalue weighted by molar-refractivity contribution is -0.139. The van der Waals surface area contributed by atoms with Gasteiger partial charge >= 0.3 is 0 Å². The highest BCUT2D eigenvalue weighted by Crippen LogP contribution is 2.45. The normalized spacial score (nSPS) is 29.1. The highest BCUT2D eigenvalue weighted by atomic mass is 16.5. The number of benzene rings is 2. The maximum Gasteiger partial charge on any atom is 0.242 e. The van der Waals surface area contributed by atoms with Crippen LogP contribution in [0.2, 0.25) is 0 Å². The smallest absolute Gasteiger partial charge is 0.242 e. The zero-order chi connectivity index (χ0) is 35.6. The Morgan fingerprint density at radius 1 is 0.882 bits per heavy atom. The maximum absolute atomic E-state index is 13.3. The van der Waals surface area contributed by atoms with Gasteiger partial charge in [0.1, 0.15) is 18.2 Å². The van der Waals surface area contributed by atoms with E-state index in [1.54, 1.807) is 14.2 Å². The van der Waals surface area contributed by atoms with E-state index in [2.05, 4.69) is 76.2 Å². The minimum atomic E-state index is -0.646. The molecule has 2 saturated heterocycles. The van der Waals surface area contributed by atoms with Gasteiger partial charge in [-0.1, -0.05) is 48.5 Å². The number of nitrogens with one attached hydrogen (secondary N) is 3. The average molecular weight is 697 g/mol. The number of rotatable bonds is 14. The van der Waals surface area contributed by atoms with Crippen LogP contribution in [-0.4, -0.2) is 105 Å². The molecule has 0 radical (unpaired) electrons. The van der Waals surface area contributed by atoms with Crippen molar-refractivity contribution < 1.29 is 19.1 Å². The Hall–Kier alpha value is -4.23. The molecular formula is C39H52N8O4. The molecule has 4 bridgehead atoms. The molecule has 9 unspecified atom stereocenters. The Balaban J connectivity index is 0.958. The average Bonchev–Trinajstić information content (AvgIpc) is 4.01. The molecule has 3 heterocycles. The van der Waals surface area contributed by atoms with E-state index in [9.17, 15) is 9.59 Å². The number of hydrogen-bond acceptors (Lipinski definition) is 10. The molecule has 7 rings (SSSR count). The molecule has 3 aliphatic heterocycles. The molecule has 2 aliphatic carbocycles. The topological polar surface area (TPSA) is 160 Å². The minimum absolute atomic E-state index is 0.0241. The van der Waals surface area contributed by atoms with E-state index in [4.69, 9.17) is 20.9 Å². The fraction of sp³-hybridized carbons (Fsp3) is 0.513. The second-order valence-corrected chi connectivity index (χ2v) is 14.7. The monoisotopic (exact) mass is 696 g/mol. The van der Waals surface area contributed by atoms with Crippen molar-refractivity contribution in [1.29, 1.82) is 0 Å². The van der Waals surface area contributed by atoms with Gasteiger partial charge in [0.15, 0.2) is 0 Å². The quantitative estimate of drug-likeness (QED) is 0.187. The number of carbonyl (C=O) groups excluding carboxylic acids is 2. The number of likely N-dealkylation sites (tertiary alicyclic amines) is 2. The largest absolute Gasteiger partial charge is 0.387 e. The van der Waals surface area contributed by atoms with Crippen LogP contribution in [0.25, 0.3) is 22.5 Å². The summed E-state index contributed by atoms with van der Waals surface area (Å²) in [6, 6.07) is 16.2. The summed E-state index contributed by atoms with van der Waals surface area (Å²) < 4.78 is 10.3. The molecule has 4 fully saturated rings. The van der Waals surface area contributed by atoms with E-state index in [1.165, 1.54) is 0 Å². The molecule has 51 heavy (non-hydrogen) atoms. The Labute approximate surface area is 300 Å². The molecule has 9 atom stereocenters. The first kappa shape index (κ1) is 35.2. The summed E-state index contributed by atoms with van der Waals surface area (Å²) in [5.41, 5.74) is 18.3. The summed E-state index contributed by atoms with van der Waals surface area (Å²) in [5.74, 6) is 0.882. The van der Waals surface area contributed by atoms with Crippen molar-refractivity contribution in [3.63, 3.8) is 0 Å². The molecule has 0 spiro atoms. The lowest BCUT2D eigenvalue weighted by Crippen LogP contribution is -2.60. The van der Waals surface area contributed by atoms with Crippen molar-refractivity contribution in [2.24, 2.45) is 28.3 Å². The first-order valence-electron chi connectivity index (χ1n) is 18.3. The van der Waals surface area contributed by atoms with Crippen LogP contribution in [-0.2, 0) is 19.1 Å². The number of nitrogens with zero attached hydrogens (tertiary/aromatic N) is 3. The molecule has 2 aromatic carbocycles. The first-order chi connectivity index (χ1) is 24.8. The number of nitrogens with two attached hydrogens (primary N) is 2. The third kappa shape index (κ3) is 6.90. The standard InChI is InChI=1S/C39H52N8O4/c1-42-33(18-43-20-35-27-12-14-29(16-27)46(35)38(48)31(40)21-50-2)25-8-4-23(5-9-25)24-6-10-26(11-7-24)34-19-44-37(45-34)36-28-13-15-30(17-28)47(36)39(49)32(41)22-51-3/h4-11,18-19,27-32,35-37,43-45H,1,12-17,20-22,40-41H2,2-3H3/b33-18-. The summed E-state index contributed by atoms with van der Waals surface area (Å²) in [7, 11) is 3.15. The number of ether oxygens (including phenoxy) is 2. The maximum atomic E-state index is 13.3. The van der Waals surface area contributed by atoms with Crippen LogP contribution >= 0.6 is 0 Å². The fourth-order valence-electron chi connectivity index (χ4n) is 9.32. The predicted octanol–water partition coefficient (Wildman–Crippen LogP) is 2.47. The van der Waals surface area contributed by atoms with Crippen LogP contribution < -0.4 is 27.4 Å². The van der Waals surface area contributed by atoms with Crippen molar-refractivity contribution in [1.82, 2.24) is 25.8 Å². The van der Waals surface area contributed by atoms with Gasteiger partial charge in [-0.05, 0) is 73.8 Å². The molecule has 5 aliphatic rings. The van der Waals surface area contributed by atoms with E-state index in [0.29, 0.717) is 18.4 Å². The Morgan fingerprint density at radius 3 is 2.10 bits per heavy atom. The van der Waals surface area contributed by atoms with Gasteiger partial charge in [-0.25, -0.2) is 0 Å². The van der Waals surface area contributed by atoms with Crippen LogP contribution in [0.15, 0.2) is 65.9 Å². The molecule has 2 saturated carbocycles. The summed E-state index contributed by atoms with van der Waals surface area (Å²) in [5, 5.41) is 10.6. The lowest BCUT2D eigenvalue weighted by Gasteiger charge is -2.40. The SMILES string of the molecule is C=N/C(=C\NCC1C2CCC(C2)N1C(=O)C(N)COC)c1ccc(-c2ccc(C3=CNC(C4C5CCC(C5)N4C(=O)C(N)COC)N3)cc2)cc1. The van der Waals surface area contributed by atoms with Gasteiger partial charge in [0, 0.05) is 50.8 Å². The molecule has 0 aromatic heterocycles. The van der Waals surface area contributed by atoms with E-state index in [-0.39, 0.29) is 55.4 Å². The highest BCUT2D eigenvalue weighted by molar-refractivity contribution is 5.84. The van der Waals surface area contributed by atoms with Gasteiger partial charge in [-0.3, -0.25) is 14.6 Å². The van der Waals surface area contributed by atoms with Crippen molar-refractivity contribution in [3.8, 4) is 11.1 Å². The van der Waals surface area contributed by atoms with E-state index >= 15 is 0 Å². The van der Waals surface area contributed by atoms with Crippen molar-refractivity contribution in [2.75, 3.05) is 34.0 Å². The number of amides is 2. The summed E-state index contributed by atoms with van der Waals surface area (Å²) >= 11 is 0. The van der Waals surface area contributed by atoms with E-state index in [0.717, 1.165) is 72.2 Å². The van der Waals surface area contributed by atoms with E-state index < -0.39 is 12.1 Å². The molecule has 12 nitrogen and oxygen atoms in total. The van der Waals surface area contributed by atoms with Crippen LogP contribution in [0.4, 0.5) is 0 Å². The van der Waals surface area contributed by atoms with Crippen molar-refractivity contribution in [3.05, 3.63) is 72.1 Å². The van der Waals surface area contributed by atoms with Gasteiger partial charge in [0.25, 0.3) is 0 Å². The number of piperidine rings is 2. The Morgan fingerprint density at radius 2 is 1.45 bits per heavy atom. The lowest BCUT2D eigenvalue weighted by atomic mass is 9.95. The van der Waals surface area contributed by atoms with Gasteiger partial charge < -0.3 is 46.7 Å². The number of carbonyl (C=O) groups is 2. The third-order valence-electron chi connectivity index (χ3n) is 11.7. The van der Waals surface area contributed by atoms with Crippen LogP contribution in [0.5, 0.6) is 0 Å². The van der Waals surface area contributed by atoms with Crippen LogP contribution in [0.3, 0.4) is 0 Å². The summed E-state index contributed by atoms with van der Waals surface area (Å²) in [6.07, 6.45) is 10.3. The minimum Gasteiger partial charge on any atom is -0.387 e. The number of aliphatic imine (C=N–C) groups is 1. The third-order valence-corrected chi connectivity index (χ3v) is 11.7. The fourth-order valence-corrected chi connectivity index (χ4v) is 9.32. The molecule has 2 amide bonds. The van der Waals surface area contributed by atoms with Gasteiger partial charge in [-0.2, -0.15) is 0 Å². The second kappa shape index (κ2) is 15.2. The second-order valence-electron chi connectivity index (χ2n) is 14.7. The number of methoxy groups -OCH3 is 2. The summed E-state index contributed by atoms with van der Waals surface area (Å²) in [6.45, 7) is 4.89. The highest BCUT2D eigenvalue weighted by Gasteiger charge is 2.52.